The van der Waals surface area contributed by atoms with Crippen molar-refractivity contribution in [2.75, 3.05) is 7.11 Å². The normalized spacial score (nSPS) is 10.6. The fourth-order valence-electron chi connectivity index (χ4n) is 2.25. The molecule has 0 saturated carbocycles. The van der Waals surface area contributed by atoms with E-state index in [0.717, 1.165) is 21.9 Å². The molecule has 0 aliphatic heterocycles. The first kappa shape index (κ1) is 11.5. The maximum atomic E-state index is 10.3. The molecule has 1 heterocycles. The standard InChI is InChI=1S/C16H13NO2/c1-19-15-7-3-6-13(16(15)18)12-5-2-4-11-8-9-17-10-14(11)12/h2-10,18H,1H3. The molecule has 19 heavy (non-hydrogen) atoms. The first-order valence-corrected chi connectivity index (χ1v) is 6.00. The maximum absolute atomic E-state index is 10.3. The molecule has 0 spiro atoms. The number of hydrogen-bond donors (Lipinski definition) is 1. The molecule has 0 bridgehead atoms. The number of phenolic OH excluding ortho intramolecular Hbond substituents is 1. The zero-order chi connectivity index (χ0) is 13.2. The Morgan fingerprint density at radius 2 is 1.79 bits per heavy atom. The van der Waals surface area contributed by atoms with Crippen molar-refractivity contribution in [1.29, 1.82) is 0 Å². The predicted octanol–water partition coefficient (Wildman–Crippen LogP) is 3.62. The Hall–Kier alpha value is -2.55. The molecular weight excluding hydrogens is 238 g/mol. The molecule has 3 nitrogen and oxygen atoms in total. The second-order valence-corrected chi connectivity index (χ2v) is 4.26. The number of hydrogen-bond acceptors (Lipinski definition) is 3. The number of aromatic hydroxyl groups is 1. The van der Waals surface area contributed by atoms with Crippen molar-refractivity contribution in [1.82, 2.24) is 4.98 Å². The monoisotopic (exact) mass is 251 g/mol. The average Bonchev–Trinajstić information content (AvgIpc) is 2.47. The minimum atomic E-state index is 0.154. The second-order valence-electron chi connectivity index (χ2n) is 4.26. The first-order valence-electron chi connectivity index (χ1n) is 6.00. The number of para-hydroxylation sites is 1. The van der Waals surface area contributed by atoms with Gasteiger partial charge in [-0.05, 0) is 23.1 Å². The number of phenols is 1. The summed E-state index contributed by atoms with van der Waals surface area (Å²) in [7, 11) is 1.55. The molecule has 0 aliphatic rings. The molecule has 3 rings (SSSR count). The van der Waals surface area contributed by atoms with Crippen molar-refractivity contribution in [2.24, 2.45) is 0 Å². The lowest BCUT2D eigenvalue weighted by Gasteiger charge is -2.11. The van der Waals surface area contributed by atoms with Gasteiger partial charge in [-0.15, -0.1) is 0 Å². The van der Waals surface area contributed by atoms with Crippen molar-refractivity contribution in [3.8, 4) is 22.6 Å². The molecular formula is C16H13NO2. The Balaban J connectivity index is 2.31. The van der Waals surface area contributed by atoms with Crippen molar-refractivity contribution in [3.05, 3.63) is 54.9 Å². The molecule has 1 aromatic heterocycles. The number of pyridine rings is 1. The van der Waals surface area contributed by atoms with Gasteiger partial charge in [0.05, 0.1) is 7.11 Å². The zero-order valence-electron chi connectivity index (χ0n) is 10.5. The second kappa shape index (κ2) is 4.61. The molecule has 94 valence electrons. The highest BCUT2D eigenvalue weighted by molar-refractivity contribution is 5.97. The Bertz CT molecular complexity index is 732. The molecule has 1 N–H and O–H groups in total. The lowest BCUT2D eigenvalue weighted by atomic mass is 9.99. The van der Waals surface area contributed by atoms with E-state index in [1.165, 1.54) is 0 Å². The molecule has 0 fully saturated rings. The third-order valence-electron chi connectivity index (χ3n) is 3.19. The van der Waals surface area contributed by atoms with Crippen LogP contribution in [0.3, 0.4) is 0 Å². The van der Waals surface area contributed by atoms with E-state index in [1.807, 2.05) is 42.6 Å². The summed E-state index contributed by atoms with van der Waals surface area (Å²) >= 11 is 0. The van der Waals surface area contributed by atoms with Gasteiger partial charge in [0.25, 0.3) is 0 Å². The Labute approximate surface area is 111 Å². The summed E-state index contributed by atoms with van der Waals surface area (Å²) in [4.78, 5) is 4.16. The smallest absolute Gasteiger partial charge is 0.165 e. The summed E-state index contributed by atoms with van der Waals surface area (Å²) in [5, 5.41) is 12.4. The minimum Gasteiger partial charge on any atom is -0.504 e. The van der Waals surface area contributed by atoms with Crippen LogP contribution in [0.4, 0.5) is 0 Å². The fourth-order valence-corrected chi connectivity index (χ4v) is 2.25. The van der Waals surface area contributed by atoms with Crippen LogP contribution >= 0.6 is 0 Å². The SMILES string of the molecule is COc1cccc(-c2cccc3ccncc23)c1O. The van der Waals surface area contributed by atoms with E-state index >= 15 is 0 Å². The van der Waals surface area contributed by atoms with Gasteiger partial charge in [-0.1, -0.05) is 30.3 Å². The Morgan fingerprint density at radius 3 is 2.63 bits per heavy atom. The number of rotatable bonds is 2. The molecule has 0 aliphatic carbocycles. The molecule has 3 heteroatoms. The van der Waals surface area contributed by atoms with Gasteiger partial charge in [0.2, 0.25) is 0 Å². The van der Waals surface area contributed by atoms with Crippen LogP contribution in [0.2, 0.25) is 0 Å². The minimum absolute atomic E-state index is 0.154. The van der Waals surface area contributed by atoms with E-state index in [1.54, 1.807) is 19.4 Å². The van der Waals surface area contributed by atoms with E-state index in [2.05, 4.69) is 4.98 Å². The van der Waals surface area contributed by atoms with Gasteiger partial charge in [-0.2, -0.15) is 0 Å². The maximum Gasteiger partial charge on any atom is 0.165 e. The lowest BCUT2D eigenvalue weighted by Crippen LogP contribution is -1.87. The van der Waals surface area contributed by atoms with E-state index in [4.69, 9.17) is 4.74 Å². The van der Waals surface area contributed by atoms with Crippen LogP contribution in [-0.2, 0) is 0 Å². The topological polar surface area (TPSA) is 42.4 Å². The van der Waals surface area contributed by atoms with Crippen molar-refractivity contribution in [3.63, 3.8) is 0 Å². The Kier molecular flexibility index (Phi) is 2.80. The summed E-state index contributed by atoms with van der Waals surface area (Å²) in [6, 6.07) is 13.4. The average molecular weight is 251 g/mol. The van der Waals surface area contributed by atoms with Gasteiger partial charge in [0.15, 0.2) is 11.5 Å². The van der Waals surface area contributed by atoms with Gasteiger partial charge in [-0.3, -0.25) is 4.98 Å². The summed E-state index contributed by atoms with van der Waals surface area (Å²) in [6.45, 7) is 0. The molecule has 0 unspecified atom stereocenters. The first-order chi connectivity index (χ1) is 9.31. The fraction of sp³-hybridized carbons (Fsp3) is 0.0625. The summed E-state index contributed by atoms with van der Waals surface area (Å²) < 4.78 is 5.15. The molecule has 3 aromatic rings. The molecule has 0 saturated heterocycles. The number of fused-ring (bicyclic) bond motifs is 1. The van der Waals surface area contributed by atoms with Crippen molar-refractivity contribution < 1.29 is 9.84 Å². The van der Waals surface area contributed by atoms with Gasteiger partial charge < -0.3 is 9.84 Å². The van der Waals surface area contributed by atoms with E-state index in [0.29, 0.717) is 5.75 Å². The van der Waals surface area contributed by atoms with E-state index in [-0.39, 0.29) is 5.75 Å². The number of benzene rings is 2. The van der Waals surface area contributed by atoms with Crippen LogP contribution in [0.15, 0.2) is 54.9 Å². The van der Waals surface area contributed by atoms with Crippen LogP contribution < -0.4 is 4.74 Å². The van der Waals surface area contributed by atoms with E-state index in [9.17, 15) is 5.11 Å². The number of aromatic nitrogens is 1. The highest BCUT2D eigenvalue weighted by atomic mass is 16.5. The largest absolute Gasteiger partial charge is 0.504 e. The van der Waals surface area contributed by atoms with E-state index < -0.39 is 0 Å². The molecule has 0 amide bonds. The highest BCUT2D eigenvalue weighted by Gasteiger charge is 2.11. The summed E-state index contributed by atoms with van der Waals surface area (Å²) in [5.41, 5.74) is 1.69. The quantitative estimate of drug-likeness (QED) is 0.756. The predicted molar refractivity (Wildman–Crippen MR) is 75.4 cm³/mol. The van der Waals surface area contributed by atoms with Crippen LogP contribution in [0.25, 0.3) is 21.9 Å². The van der Waals surface area contributed by atoms with Gasteiger partial charge in [0.1, 0.15) is 0 Å². The number of methoxy groups -OCH3 is 1. The molecule has 0 atom stereocenters. The summed E-state index contributed by atoms with van der Waals surface area (Å²) in [5.74, 6) is 0.625. The number of ether oxygens (including phenoxy) is 1. The zero-order valence-corrected chi connectivity index (χ0v) is 10.5. The lowest BCUT2D eigenvalue weighted by molar-refractivity contribution is 0.374. The van der Waals surface area contributed by atoms with Crippen LogP contribution in [0.1, 0.15) is 0 Å². The third-order valence-corrected chi connectivity index (χ3v) is 3.19. The third kappa shape index (κ3) is 1.89. The Morgan fingerprint density at radius 1 is 1.00 bits per heavy atom. The van der Waals surface area contributed by atoms with Gasteiger partial charge in [-0.25, -0.2) is 0 Å². The number of nitrogens with zero attached hydrogens (tertiary/aromatic N) is 1. The van der Waals surface area contributed by atoms with Crippen LogP contribution in [-0.4, -0.2) is 17.2 Å². The van der Waals surface area contributed by atoms with Crippen LogP contribution in [0.5, 0.6) is 11.5 Å². The van der Waals surface area contributed by atoms with Gasteiger partial charge >= 0.3 is 0 Å². The van der Waals surface area contributed by atoms with Crippen molar-refractivity contribution >= 4 is 10.8 Å². The molecule has 0 radical (unpaired) electrons. The summed E-state index contributed by atoms with van der Waals surface area (Å²) in [6.07, 6.45) is 3.57. The molecule has 2 aromatic carbocycles. The highest BCUT2D eigenvalue weighted by Crippen LogP contribution is 2.39. The van der Waals surface area contributed by atoms with Gasteiger partial charge in [0, 0.05) is 23.3 Å². The van der Waals surface area contributed by atoms with Crippen LogP contribution in [0, 0.1) is 0 Å². The van der Waals surface area contributed by atoms with Crippen molar-refractivity contribution in [2.45, 2.75) is 0 Å².